The van der Waals surface area contributed by atoms with E-state index in [4.69, 9.17) is 0 Å². The van der Waals surface area contributed by atoms with Crippen molar-refractivity contribution in [3.05, 3.63) is 36.7 Å². The zero-order chi connectivity index (χ0) is 17.6. The second-order valence-electron chi connectivity index (χ2n) is 6.07. The summed E-state index contributed by atoms with van der Waals surface area (Å²) < 4.78 is 0. The summed E-state index contributed by atoms with van der Waals surface area (Å²) in [5.74, 6) is 1.59. The summed E-state index contributed by atoms with van der Waals surface area (Å²) in [6.07, 6.45) is 1.58. The molecule has 0 saturated carbocycles. The molecule has 7 nitrogen and oxygen atoms in total. The molecule has 7 heteroatoms. The maximum atomic E-state index is 11.2. The fraction of sp³-hybridized carbons (Fsp3) is 0.389. The first-order chi connectivity index (χ1) is 12.1. The Balaban J connectivity index is 1.69. The van der Waals surface area contributed by atoms with Crippen LogP contribution in [0.25, 0.3) is 0 Å². The van der Waals surface area contributed by atoms with Gasteiger partial charge in [-0.15, -0.1) is 0 Å². The Morgan fingerprint density at radius 3 is 2.60 bits per heavy atom. The molecule has 0 bridgehead atoms. The van der Waals surface area contributed by atoms with Crippen molar-refractivity contribution in [1.82, 2.24) is 14.9 Å². The topological polar surface area (TPSA) is 73.4 Å². The number of aromatic nitrogens is 2. The van der Waals surface area contributed by atoms with E-state index in [1.807, 2.05) is 30.3 Å². The number of likely N-dealkylation sites (N-methyl/N-ethyl adjacent to an activating group) is 1. The van der Waals surface area contributed by atoms with Gasteiger partial charge in [0.15, 0.2) is 0 Å². The zero-order valence-electron chi connectivity index (χ0n) is 14.7. The van der Waals surface area contributed by atoms with E-state index in [-0.39, 0.29) is 5.91 Å². The number of amides is 1. The van der Waals surface area contributed by atoms with Crippen LogP contribution >= 0.6 is 0 Å². The van der Waals surface area contributed by atoms with Crippen molar-refractivity contribution in [3.63, 3.8) is 0 Å². The average molecular weight is 340 g/mol. The van der Waals surface area contributed by atoms with Gasteiger partial charge in [-0.3, -0.25) is 4.79 Å². The van der Waals surface area contributed by atoms with Gasteiger partial charge in [-0.1, -0.05) is 13.0 Å². The van der Waals surface area contributed by atoms with Crippen LogP contribution in [-0.2, 0) is 4.79 Å². The highest BCUT2D eigenvalue weighted by Crippen LogP contribution is 2.21. The van der Waals surface area contributed by atoms with Crippen LogP contribution in [0.5, 0.6) is 0 Å². The number of carbonyl (C=O) groups is 1. The first-order valence-electron chi connectivity index (χ1n) is 8.58. The van der Waals surface area contributed by atoms with Gasteiger partial charge in [0, 0.05) is 50.5 Å². The molecule has 1 aromatic carbocycles. The van der Waals surface area contributed by atoms with Crippen molar-refractivity contribution in [1.29, 1.82) is 0 Å². The molecule has 0 unspecified atom stereocenters. The molecule has 0 aliphatic carbocycles. The molecule has 3 rings (SSSR count). The number of carbonyl (C=O) groups excluding carboxylic acids is 1. The summed E-state index contributed by atoms with van der Waals surface area (Å²) in [5, 5.41) is 6.06. The standard InChI is InChI=1S/C18H24N6O/c1-3-23-7-9-24(10-8-23)18-12-17(19-13-20-18)22-16-6-4-5-15(11-16)21-14(2)25/h4-6,11-13H,3,7-10H2,1-2H3,(H,21,25)(H,19,20,22). The number of nitrogens with zero attached hydrogens (tertiary/aromatic N) is 4. The molecule has 2 N–H and O–H groups in total. The van der Waals surface area contributed by atoms with Crippen molar-refractivity contribution < 1.29 is 4.79 Å². The van der Waals surface area contributed by atoms with Crippen LogP contribution in [0.1, 0.15) is 13.8 Å². The molecule has 2 aromatic rings. The Morgan fingerprint density at radius 2 is 1.88 bits per heavy atom. The minimum atomic E-state index is -0.0901. The number of nitrogens with one attached hydrogen (secondary N) is 2. The summed E-state index contributed by atoms with van der Waals surface area (Å²) in [7, 11) is 0. The minimum Gasteiger partial charge on any atom is -0.354 e. The Morgan fingerprint density at radius 1 is 1.12 bits per heavy atom. The molecule has 2 heterocycles. The van der Waals surface area contributed by atoms with Crippen LogP contribution < -0.4 is 15.5 Å². The average Bonchev–Trinajstić information content (AvgIpc) is 2.62. The third-order valence-electron chi connectivity index (χ3n) is 4.25. The summed E-state index contributed by atoms with van der Waals surface area (Å²) in [4.78, 5) is 24.6. The van der Waals surface area contributed by atoms with Gasteiger partial charge in [-0.2, -0.15) is 0 Å². The van der Waals surface area contributed by atoms with Gasteiger partial charge in [0.2, 0.25) is 5.91 Å². The van der Waals surface area contributed by atoms with Gasteiger partial charge in [-0.25, -0.2) is 9.97 Å². The lowest BCUT2D eigenvalue weighted by atomic mass is 10.2. The van der Waals surface area contributed by atoms with Gasteiger partial charge in [0.05, 0.1) is 0 Å². The van der Waals surface area contributed by atoms with Crippen molar-refractivity contribution in [2.24, 2.45) is 0 Å². The predicted molar refractivity (Wildman–Crippen MR) is 100 cm³/mol. The van der Waals surface area contributed by atoms with Crippen LogP contribution in [0.4, 0.5) is 23.0 Å². The quantitative estimate of drug-likeness (QED) is 0.870. The highest BCUT2D eigenvalue weighted by atomic mass is 16.1. The number of piperazine rings is 1. The number of benzene rings is 1. The van der Waals surface area contributed by atoms with E-state index in [0.717, 1.165) is 55.7 Å². The van der Waals surface area contributed by atoms with Crippen LogP contribution in [0.15, 0.2) is 36.7 Å². The van der Waals surface area contributed by atoms with E-state index in [2.05, 4.69) is 37.3 Å². The van der Waals surface area contributed by atoms with Crippen LogP contribution in [0.2, 0.25) is 0 Å². The van der Waals surface area contributed by atoms with Crippen molar-refractivity contribution >= 4 is 28.9 Å². The first kappa shape index (κ1) is 17.2. The Hall–Kier alpha value is -2.67. The van der Waals surface area contributed by atoms with Crippen molar-refractivity contribution in [2.45, 2.75) is 13.8 Å². The third-order valence-corrected chi connectivity index (χ3v) is 4.25. The lowest BCUT2D eigenvalue weighted by Crippen LogP contribution is -2.46. The molecule has 1 saturated heterocycles. The zero-order valence-corrected chi connectivity index (χ0v) is 14.7. The second kappa shape index (κ2) is 7.94. The largest absolute Gasteiger partial charge is 0.354 e. The minimum absolute atomic E-state index is 0.0901. The van der Waals surface area contributed by atoms with E-state index < -0.39 is 0 Å². The van der Waals surface area contributed by atoms with Gasteiger partial charge in [-0.05, 0) is 24.7 Å². The summed E-state index contributed by atoms with van der Waals surface area (Å²) in [6.45, 7) is 8.84. The summed E-state index contributed by atoms with van der Waals surface area (Å²) >= 11 is 0. The van der Waals surface area contributed by atoms with Crippen molar-refractivity contribution in [3.8, 4) is 0 Å². The van der Waals surface area contributed by atoms with Crippen LogP contribution in [-0.4, -0.2) is 53.5 Å². The molecular formula is C18H24N6O. The van der Waals surface area contributed by atoms with Gasteiger partial charge < -0.3 is 20.4 Å². The van der Waals surface area contributed by atoms with Crippen LogP contribution in [0, 0.1) is 0 Å². The molecule has 0 spiro atoms. The van der Waals surface area contributed by atoms with E-state index in [0.29, 0.717) is 0 Å². The fourth-order valence-electron chi connectivity index (χ4n) is 2.91. The maximum absolute atomic E-state index is 11.2. The molecule has 1 aliphatic rings. The molecule has 132 valence electrons. The molecular weight excluding hydrogens is 316 g/mol. The van der Waals surface area contributed by atoms with Crippen LogP contribution in [0.3, 0.4) is 0 Å². The summed E-state index contributed by atoms with van der Waals surface area (Å²) in [6, 6.07) is 9.52. The van der Waals surface area contributed by atoms with E-state index in [1.54, 1.807) is 6.33 Å². The molecule has 1 amide bonds. The number of rotatable bonds is 5. The van der Waals surface area contributed by atoms with E-state index in [1.165, 1.54) is 6.92 Å². The Labute approximate surface area is 148 Å². The Kier molecular flexibility index (Phi) is 5.45. The molecule has 1 aliphatic heterocycles. The Bertz CT molecular complexity index is 727. The monoisotopic (exact) mass is 340 g/mol. The number of anilines is 4. The molecule has 25 heavy (non-hydrogen) atoms. The highest BCUT2D eigenvalue weighted by Gasteiger charge is 2.17. The molecule has 0 radical (unpaired) electrons. The lowest BCUT2D eigenvalue weighted by Gasteiger charge is -2.34. The van der Waals surface area contributed by atoms with E-state index >= 15 is 0 Å². The molecule has 1 aromatic heterocycles. The fourth-order valence-corrected chi connectivity index (χ4v) is 2.91. The number of hydrogen-bond donors (Lipinski definition) is 2. The first-order valence-corrected chi connectivity index (χ1v) is 8.58. The van der Waals surface area contributed by atoms with E-state index in [9.17, 15) is 4.79 Å². The normalized spacial score (nSPS) is 15.0. The maximum Gasteiger partial charge on any atom is 0.221 e. The predicted octanol–water partition coefficient (Wildman–Crippen LogP) is 2.32. The lowest BCUT2D eigenvalue weighted by molar-refractivity contribution is -0.114. The van der Waals surface area contributed by atoms with Gasteiger partial charge >= 0.3 is 0 Å². The van der Waals surface area contributed by atoms with Crippen molar-refractivity contribution in [2.75, 3.05) is 48.3 Å². The molecule has 1 fully saturated rings. The van der Waals surface area contributed by atoms with Gasteiger partial charge in [0.25, 0.3) is 0 Å². The number of hydrogen-bond acceptors (Lipinski definition) is 6. The third kappa shape index (κ3) is 4.67. The highest BCUT2D eigenvalue weighted by molar-refractivity contribution is 5.89. The SMILES string of the molecule is CCN1CCN(c2cc(Nc3cccc(NC(C)=O)c3)ncn2)CC1. The second-order valence-corrected chi connectivity index (χ2v) is 6.07. The molecule has 0 atom stereocenters. The summed E-state index contributed by atoms with van der Waals surface area (Å²) in [5.41, 5.74) is 1.62. The smallest absolute Gasteiger partial charge is 0.221 e. The van der Waals surface area contributed by atoms with Gasteiger partial charge in [0.1, 0.15) is 18.0 Å².